The lowest BCUT2D eigenvalue weighted by Crippen LogP contribution is -2.39. The molecule has 21 heavy (non-hydrogen) atoms. The number of phenols is 1. The first-order valence-corrected chi connectivity index (χ1v) is 7.88. The molecule has 1 aromatic carbocycles. The van der Waals surface area contributed by atoms with E-state index in [1.54, 1.807) is 19.2 Å². The molecule has 1 amide bonds. The normalized spacial score (nSPS) is 22.7. The van der Waals surface area contributed by atoms with Crippen molar-refractivity contribution < 1.29 is 14.6 Å². The topological polar surface area (TPSA) is 49.8 Å². The van der Waals surface area contributed by atoms with Crippen LogP contribution in [0.1, 0.15) is 48.9 Å². The number of carbonyl (C=O) groups excluding carboxylic acids is 1. The fraction of sp³-hybridized carbons (Fsp3) is 0.588. The van der Waals surface area contributed by atoms with Crippen molar-refractivity contribution in [3.8, 4) is 11.5 Å². The van der Waals surface area contributed by atoms with E-state index in [1.165, 1.54) is 31.7 Å². The summed E-state index contributed by atoms with van der Waals surface area (Å²) in [7, 11) is 1.55. The maximum atomic E-state index is 12.8. The summed E-state index contributed by atoms with van der Waals surface area (Å²) in [5.74, 6) is 1.19. The number of methoxy groups -OCH3 is 1. The molecule has 2 aliphatic rings. The molecule has 1 aliphatic carbocycles. The molecular formula is C17H23NO3. The van der Waals surface area contributed by atoms with Gasteiger partial charge in [-0.15, -0.1) is 0 Å². The van der Waals surface area contributed by atoms with E-state index in [9.17, 15) is 9.90 Å². The zero-order valence-electron chi connectivity index (χ0n) is 12.5. The second kappa shape index (κ2) is 5.96. The highest BCUT2D eigenvalue weighted by atomic mass is 16.5. The molecule has 4 heteroatoms. The molecule has 0 aromatic heterocycles. The quantitative estimate of drug-likeness (QED) is 0.929. The highest BCUT2D eigenvalue weighted by Crippen LogP contribution is 2.37. The highest BCUT2D eigenvalue weighted by Gasteiger charge is 2.36. The Bertz CT molecular complexity index is 523. The van der Waals surface area contributed by atoms with Crippen molar-refractivity contribution in [3.63, 3.8) is 0 Å². The fourth-order valence-corrected chi connectivity index (χ4v) is 3.85. The minimum Gasteiger partial charge on any atom is -0.507 e. The van der Waals surface area contributed by atoms with Crippen LogP contribution >= 0.6 is 0 Å². The summed E-state index contributed by atoms with van der Waals surface area (Å²) in [4.78, 5) is 14.7. The van der Waals surface area contributed by atoms with Gasteiger partial charge in [-0.25, -0.2) is 0 Å². The van der Waals surface area contributed by atoms with Crippen molar-refractivity contribution in [1.82, 2.24) is 4.90 Å². The molecule has 1 unspecified atom stereocenters. The van der Waals surface area contributed by atoms with E-state index in [0.717, 1.165) is 19.4 Å². The SMILES string of the molecule is COc1ccc(C(=O)N2CCCC2C2CCCC2)c(O)c1. The van der Waals surface area contributed by atoms with Crippen molar-refractivity contribution in [2.24, 2.45) is 5.92 Å². The predicted octanol–water partition coefficient (Wildman–Crippen LogP) is 3.20. The van der Waals surface area contributed by atoms with Gasteiger partial charge in [-0.3, -0.25) is 4.79 Å². The Morgan fingerprint density at radius 2 is 2.00 bits per heavy atom. The fourth-order valence-electron chi connectivity index (χ4n) is 3.85. The first-order valence-electron chi connectivity index (χ1n) is 7.88. The number of phenolic OH excluding ortho intramolecular Hbond substituents is 1. The van der Waals surface area contributed by atoms with E-state index >= 15 is 0 Å². The molecule has 1 N–H and O–H groups in total. The van der Waals surface area contributed by atoms with Gasteiger partial charge in [0, 0.05) is 18.7 Å². The number of nitrogens with zero attached hydrogens (tertiary/aromatic N) is 1. The van der Waals surface area contributed by atoms with Gasteiger partial charge in [0.05, 0.1) is 12.7 Å². The molecule has 0 radical (unpaired) electrons. The summed E-state index contributed by atoms with van der Waals surface area (Å²) >= 11 is 0. The van der Waals surface area contributed by atoms with Crippen LogP contribution in [-0.2, 0) is 0 Å². The Labute approximate surface area is 125 Å². The Balaban J connectivity index is 1.80. The Morgan fingerprint density at radius 1 is 1.24 bits per heavy atom. The molecule has 1 atom stereocenters. The van der Waals surface area contributed by atoms with Crippen molar-refractivity contribution in [1.29, 1.82) is 0 Å². The van der Waals surface area contributed by atoms with Gasteiger partial charge < -0.3 is 14.7 Å². The smallest absolute Gasteiger partial charge is 0.257 e. The zero-order valence-corrected chi connectivity index (χ0v) is 12.5. The largest absolute Gasteiger partial charge is 0.507 e. The Hall–Kier alpha value is -1.71. The van der Waals surface area contributed by atoms with Crippen molar-refractivity contribution in [3.05, 3.63) is 23.8 Å². The summed E-state index contributed by atoms with van der Waals surface area (Å²) in [5.41, 5.74) is 0.390. The van der Waals surface area contributed by atoms with Gasteiger partial charge in [0.1, 0.15) is 11.5 Å². The third-order valence-electron chi connectivity index (χ3n) is 4.94. The van der Waals surface area contributed by atoms with Gasteiger partial charge in [-0.05, 0) is 43.7 Å². The van der Waals surface area contributed by atoms with Gasteiger partial charge in [0.25, 0.3) is 5.91 Å². The number of hydrogen-bond acceptors (Lipinski definition) is 3. The number of amides is 1. The average molecular weight is 289 g/mol. The van der Waals surface area contributed by atoms with E-state index in [0.29, 0.717) is 23.3 Å². The van der Waals surface area contributed by atoms with E-state index in [1.807, 2.05) is 4.90 Å². The summed E-state index contributed by atoms with van der Waals surface area (Å²) in [6.45, 7) is 0.811. The molecule has 1 saturated carbocycles. The number of ether oxygens (including phenoxy) is 1. The molecule has 0 bridgehead atoms. The molecule has 4 nitrogen and oxygen atoms in total. The van der Waals surface area contributed by atoms with Gasteiger partial charge in [-0.2, -0.15) is 0 Å². The van der Waals surface area contributed by atoms with Crippen molar-refractivity contribution in [2.75, 3.05) is 13.7 Å². The van der Waals surface area contributed by atoms with Crippen LogP contribution in [0.25, 0.3) is 0 Å². The van der Waals surface area contributed by atoms with Gasteiger partial charge >= 0.3 is 0 Å². The lowest BCUT2D eigenvalue weighted by atomic mass is 9.95. The van der Waals surface area contributed by atoms with E-state index in [2.05, 4.69) is 0 Å². The van der Waals surface area contributed by atoms with Crippen LogP contribution in [0.2, 0.25) is 0 Å². The van der Waals surface area contributed by atoms with Gasteiger partial charge in [0.15, 0.2) is 0 Å². The monoisotopic (exact) mass is 289 g/mol. The van der Waals surface area contributed by atoms with Crippen LogP contribution < -0.4 is 4.74 Å². The minimum absolute atomic E-state index is 0.0106. The lowest BCUT2D eigenvalue weighted by Gasteiger charge is -2.29. The molecule has 2 fully saturated rings. The number of rotatable bonds is 3. The third-order valence-corrected chi connectivity index (χ3v) is 4.94. The van der Waals surface area contributed by atoms with E-state index in [4.69, 9.17) is 4.74 Å². The number of benzene rings is 1. The first-order chi connectivity index (χ1) is 10.2. The van der Waals surface area contributed by atoms with Crippen LogP contribution in [0.3, 0.4) is 0 Å². The number of aromatic hydroxyl groups is 1. The second-order valence-corrected chi connectivity index (χ2v) is 6.14. The van der Waals surface area contributed by atoms with Gasteiger partial charge in [0.2, 0.25) is 0 Å². The summed E-state index contributed by atoms with van der Waals surface area (Å²) in [5, 5.41) is 10.1. The van der Waals surface area contributed by atoms with E-state index < -0.39 is 0 Å². The Morgan fingerprint density at radius 3 is 2.67 bits per heavy atom. The van der Waals surface area contributed by atoms with Crippen LogP contribution in [0, 0.1) is 5.92 Å². The maximum Gasteiger partial charge on any atom is 0.257 e. The lowest BCUT2D eigenvalue weighted by molar-refractivity contribution is 0.0686. The molecule has 3 rings (SSSR count). The van der Waals surface area contributed by atoms with Crippen molar-refractivity contribution >= 4 is 5.91 Å². The first kappa shape index (κ1) is 14.2. The number of carbonyl (C=O) groups is 1. The Kier molecular flexibility index (Phi) is 4.04. The van der Waals surface area contributed by atoms with Crippen LogP contribution in [0.5, 0.6) is 11.5 Å². The standard InChI is InChI=1S/C17H23NO3/c1-21-13-8-9-14(16(19)11-13)17(20)18-10-4-7-15(18)12-5-2-3-6-12/h8-9,11-12,15,19H,2-7,10H2,1H3. The number of hydrogen-bond donors (Lipinski definition) is 1. The van der Waals surface area contributed by atoms with Gasteiger partial charge in [-0.1, -0.05) is 12.8 Å². The number of likely N-dealkylation sites (tertiary alicyclic amines) is 1. The van der Waals surface area contributed by atoms with E-state index in [-0.39, 0.29) is 11.7 Å². The van der Waals surface area contributed by atoms with Crippen LogP contribution in [0.4, 0.5) is 0 Å². The average Bonchev–Trinajstić information content (AvgIpc) is 3.16. The highest BCUT2D eigenvalue weighted by molar-refractivity contribution is 5.97. The maximum absolute atomic E-state index is 12.8. The predicted molar refractivity (Wildman–Crippen MR) is 80.7 cm³/mol. The summed E-state index contributed by atoms with van der Waals surface area (Å²) in [6, 6.07) is 5.27. The van der Waals surface area contributed by atoms with Crippen LogP contribution in [0.15, 0.2) is 18.2 Å². The minimum atomic E-state index is -0.0375. The molecule has 1 saturated heterocycles. The second-order valence-electron chi connectivity index (χ2n) is 6.14. The third kappa shape index (κ3) is 2.71. The summed E-state index contributed by atoms with van der Waals surface area (Å²) < 4.78 is 5.07. The van der Waals surface area contributed by atoms with Crippen LogP contribution in [-0.4, -0.2) is 35.6 Å². The molecule has 1 heterocycles. The zero-order chi connectivity index (χ0) is 14.8. The molecule has 1 aliphatic heterocycles. The molecular weight excluding hydrogens is 266 g/mol. The summed E-state index contributed by atoms with van der Waals surface area (Å²) in [6.07, 6.45) is 7.23. The molecule has 1 aromatic rings. The van der Waals surface area contributed by atoms with Crippen molar-refractivity contribution in [2.45, 2.75) is 44.6 Å². The molecule has 114 valence electrons. The molecule has 0 spiro atoms.